The predicted octanol–water partition coefficient (Wildman–Crippen LogP) is 5.51. The molecule has 35 heavy (non-hydrogen) atoms. The number of aromatic nitrogens is 3. The summed E-state index contributed by atoms with van der Waals surface area (Å²) >= 11 is 1.48. The van der Waals surface area contributed by atoms with Gasteiger partial charge in [-0.15, -0.1) is 10.2 Å². The van der Waals surface area contributed by atoms with Gasteiger partial charge in [0.2, 0.25) is 0 Å². The van der Waals surface area contributed by atoms with Crippen LogP contribution in [0.15, 0.2) is 71.9 Å². The first-order valence-corrected chi connectivity index (χ1v) is 12.3. The van der Waals surface area contributed by atoms with E-state index >= 15 is 0 Å². The summed E-state index contributed by atoms with van der Waals surface area (Å²) in [5.74, 6) is 1.38. The number of amides is 1. The van der Waals surface area contributed by atoms with Crippen molar-refractivity contribution >= 4 is 17.7 Å². The number of hydrogen-bond donors (Lipinski definition) is 1. The van der Waals surface area contributed by atoms with E-state index in [0.717, 1.165) is 28.8 Å². The van der Waals surface area contributed by atoms with Crippen molar-refractivity contribution in [2.75, 3.05) is 7.11 Å². The molecular weight excluding hydrogens is 463 g/mol. The zero-order valence-electron chi connectivity index (χ0n) is 19.9. The van der Waals surface area contributed by atoms with Gasteiger partial charge in [0.25, 0.3) is 5.91 Å². The fraction of sp³-hybridized carbons (Fsp3) is 0.222. The van der Waals surface area contributed by atoms with Gasteiger partial charge in [-0.2, -0.15) is 0 Å². The lowest BCUT2D eigenvalue weighted by Crippen LogP contribution is -2.25. The van der Waals surface area contributed by atoms with Gasteiger partial charge in [-0.3, -0.25) is 9.36 Å². The fourth-order valence-electron chi connectivity index (χ4n) is 3.84. The van der Waals surface area contributed by atoms with Crippen LogP contribution >= 0.6 is 11.8 Å². The molecule has 1 amide bonds. The summed E-state index contributed by atoms with van der Waals surface area (Å²) in [7, 11) is 1.59. The van der Waals surface area contributed by atoms with Crippen molar-refractivity contribution in [3.63, 3.8) is 0 Å². The van der Waals surface area contributed by atoms with Crippen molar-refractivity contribution in [1.82, 2.24) is 20.1 Å². The number of hydrogen-bond acceptors (Lipinski definition) is 5. The van der Waals surface area contributed by atoms with Crippen LogP contribution in [-0.2, 0) is 18.7 Å². The second-order valence-electron chi connectivity index (χ2n) is 8.00. The van der Waals surface area contributed by atoms with Crippen LogP contribution in [0.4, 0.5) is 4.39 Å². The summed E-state index contributed by atoms with van der Waals surface area (Å²) in [6, 6.07) is 19.6. The molecule has 0 atom stereocenters. The average molecular weight is 491 g/mol. The third kappa shape index (κ3) is 5.71. The quantitative estimate of drug-likeness (QED) is 0.314. The molecule has 3 aromatic carbocycles. The Balaban J connectivity index is 1.63. The molecule has 0 unspecified atom stereocenters. The molecule has 0 radical (unpaired) electrons. The van der Waals surface area contributed by atoms with Crippen LogP contribution in [0.1, 0.15) is 39.8 Å². The van der Waals surface area contributed by atoms with E-state index in [0.29, 0.717) is 28.0 Å². The molecule has 0 saturated heterocycles. The number of ether oxygens (including phenoxy) is 1. The van der Waals surface area contributed by atoms with Crippen molar-refractivity contribution in [2.45, 2.75) is 37.7 Å². The molecule has 0 saturated carbocycles. The van der Waals surface area contributed by atoms with Gasteiger partial charge in [-0.1, -0.05) is 49.0 Å². The zero-order chi connectivity index (χ0) is 24.8. The summed E-state index contributed by atoms with van der Waals surface area (Å²) < 4.78 is 20.8. The van der Waals surface area contributed by atoms with Crippen molar-refractivity contribution in [3.8, 4) is 11.4 Å². The first-order valence-electron chi connectivity index (χ1n) is 11.3. The first kappa shape index (κ1) is 24.5. The fourth-order valence-corrected chi connectivity index (χ4v) is 4.74. The third-order valence-corrected chi connectivity index (χ3v) is 6.64. The molecule has 1 aromatic heterocycles. The second kappa shape index (κ2) is 11.2. The van der Waals surface area contributed by atoms with Gasteiger partial charge in [0.15, 0.2) is 11.0 Å². The minimum atomic E-state index is -0.265. The lowest BCUT2D eigenvalue weighted by atomic mass is 10.1. The van der Waals surface area contributed by atoms with Crippen LogP contribution in [0.5, 0.6) is 5.75 Å². The van der Waals surface area contributed by atoms with E-state index < -0.39 is 0 Å². The Morgan fingerprint density at radius 2 is 1.86 bits per heavy atom. The minimum absolute atomic E-state index is 0.204. The number of nitrogens with one attached hydrogen (secondary N) is 1. The molecule has 1 heterocycles. The van der Waals surface area contributed by atoms with E-state index in [1.807, 2.05) is 16.7 Å². The summed E-state index contributed by atoms with van der Waals surface area (Å²) in [6.45, 7) is 4.36. The maximum atomic E-state index is 13.7. The normalized spacial score (nSPS) is 10.9. The molecule has 4 rings (SSSR count). The van der Waals surface area contributed by atoms with E-state index in [4.69, 9.17) is 4.74 Å². The molecule has 0 fully saturated rings. The maximum absolute atomic E-state index is 13.7. The van der Waals surface area contributed by atoms with Crippen LogP contribution < -0.4 is 10.1 Å². The molecule has 1 N–H and O–H groups in total. The highest BCUT2D eigenvalue weighted by molar-refractivity contribution is 7.98. The lowest BCUT2D eigenvalue weighted by molar-refractivity contribution is 0.0949. The Kier molecular flexibility index (Phi) is 7.82. The molecule has 4 aromatic rings. The smallest absolute Gasteiger partial charge is 0.251 e. The summed E-state index contributed by atoms with van der Waals surface area (Å²) in [5, 5.41) is 12.5. The largest absolute Gasteiger partial charge is 0.497 e. The van der Waals surface area contributed by atoms with Crippen LogP contribution in [0.2, 0.25) is 0 Å². The Bertz CT molecular complexity index is 1320. The molecular formula is C27H27FN4O2S. The Morgan fingerprint density at radius 1 is 1.09 bits per heavy atom. The van der Waals surface area contributed by atoms with E-state index in [1.165, 1.54) is 23.9 Å². The van der Waals surface area contributed by atoms with Gasteiger partial charge in [-0.25, -0.2) is 4.39 Å². The molecule has 0 aliphatic heterocycles. The number of carbonyl (C=O) groups excluding carboxylic acids is 1. The number of thioether (sulfide) groups is 1. The van der Waals surface area contributed by atoms with Crippen molar-refractivity contribution in [1.29, 1.82) is 0 Å². The van der Waals surface area contributed by atoms with E-state index in [-0.39, 0.29) is 18.3 Å². The molecule has 6 nitrogen and oxygen atoms in total. The maximum Gasteiger partial charge on any atom is 0.251 e. The van der Waals surface area contributed by atoms with Gasteiger partial charge in [-0.05, 0) is 66.4 Å². The van der Waals surface area contributed by atoms with Crippen molar-refractivity contribution in [3.05, 3.63) is 101 Å². The van der Waals surface area contributed by atoms with Gasteiger partial charge in [0.1, 0.15) is 11.6 Å². The number of halogens is 1. The van der Waals surface area contributed by atoms with Crippen molar-refractivity contribution in [2.24, 2.45) is 0 Å². The van der Waals surface area contributed by atoms with Crippen molar-refractivity contribution < 1.29 is 13.9 Å². The van der Waals surface area contributed by atoms with Gasteiger partial charge in [0, 0.05) is 11.3 Å². The second-order valence-corrected chi connectivity index (χ2v) is 8.94. The molecule has 0 aliphatic carbocycles. The zero-order valence-corrected chi connectivity index (χ0v) is 20.7. The van der Waals surface area contributed by atoms with Crippen LogP contribution in [-0.4, -0.2) is 27.8 Å². The molecule has 0 spiro atoms. The Hall–Kier alpha value is -3.65. The minimum Gasteiger partial charge on any atom is -0.497 e. The molecule has 180 valence electrons. The van der Waals surface area contributed by atoms with Crippen LogP contribution in [0, 0.1) is 12.7 Å². The van der Waals surface area contributed by atoms with Gasteiger partial charge in [0.05, 0.1) is 19.3 Å². The number of benzene rings is 3. The summed E-state index contributed by atoms with van der Waals surface area (Å²) in [5.41, 5.74) is 4.64. The van der Waals surface area contributed by atoms with E-state index in [2.05, 4.69) is 41.5 Å². The van der Waals surface area contributed by atoms with Crippen LogP contribution in [0.25, 0.3) is 5.69 Å². The van der Waals surface area contributed by atoms with E-state index in [1.54, 1.807) is 37.4 Å². The topological polar surface area (TPSA) is 69.0 Å². The SMILES string of the molecule is CCc1cccc(C)c1-n1c(CNC(=O)c2ccc(OC)cc2)nnc1SCc1cccc(F)c1. The molecule has 0 bridgehead atoms. The third-order valence-electron chi connectivity index (χ3n) is 5.64. The predicted molar refractivity (Wildman–Crippen MR) is 136 cm³/mol. The van der Waals surface area contributed by atoms with Gasteiger partial charge < -0.3 is 10.1 Å². The standard InChI is InChI=1S/C27H27FN4O2S/c1-4-20-9-5-7-18(2)25(20)32-24(16-29-26(33)21-11-13-23(34-3)14-12-21)30-31-27(32)35-17-19-8-6-10-22(28)15-19/h5-15H,4,16-17H2,1-3H3,(H,29,33). The Labute approximate surface area is 208 Å². The monoisotopic (exact) mass is 490 g/mol. The lowest BCUT2D eigenvalue weighted by Gasteiger charge is -2.17. The summed E-state index contributed by atoms with van der Waals surface area (Å²) in [6.07, 6.45) is 0.834. The highest BCUT2D eigenvalue weighted by Crippen LogP contribution is 2.29. The Morgan fingerprint density at radius 3 is 2.57 bits per heavy atom. The number of aryl methyl sites for hydroxylation is 2. The highest BCUT2D eigenvalue weighted by atomic mass is 32.2. The number of para-hydroxylation sites is 1. The highest BCUT2D eigenvalue weighted by Gasteiger charge is 2.19. The molecule has 8 heteroatoms. The summed E-state index contributed by atoms with van der Waals surface area (Å²) in [4.78, 5) is 12.8. The number of rotatable bonds is 9. The van der Waals surface area contributed by atoms with Gasteiger partial charge >= 0.3 is 0 Å². The first-order chi connectivity index (χ1) is 17.0. The number of methoxy groups -OCH3 is 1. The average Bonchev–Trinajstić information content (AvgIpc) is 3.28. The van der Waals surface area contributed by atoms with Crippen LogP contribution in [0.3, 0.4) is 0 Å². The number of carbonyl (C=O) groups is 1. The van der Waals surface area contributed by atoms with E-state index in [9.17, 15) is 9.18 Å². The molecule has 0 aliphatic rings. The number of nitrogens with zero attached hydrogens (tertiary/aromatic N) is 3.